The molecule has 0 bridgehead atoms. The Balaban J connectivity index is 2.02. The first-order valence-corrected chi connectivity index (χ1v) is 14.5. The van der Waals surface area contributed by atoms with E-state index in [1.807, 2.05) is 38.1 Å². The molecule has 0 saturated carbocycles. The van der Waals surface area contributed by atoms with Gasteiger partial charge in [0, 0.05) is 23.5 Å². The summed E-state index contributed by atoms with van der Waals surface area (Å²) >= 11 is 0. The first kappa shape index (κ1) is 34.0. The van der Waals surface area contributed by atoms with Gasteiger partial charge in [-0.25, -0.2) is 0 Å². The lowest BCUT2D eigenvalue weighted by Gasteiger charge is -2.26. The summed E-state index contributed by atoms with van der Waals surface area (Å²) in [6.45, 7) is 7.27. The lowest BCUT2D eigenvalue weighted by molar-refractivity contribution is -0.156. The van der Waals surface area contributed by atoms with Crippen molar-refractivity contribution in [3.63, 3.8) is 0 Å². The maximum atomic E-state index is 13.8. The van der Waals surface area contributed by atoms with E-state index in [1.54, 1.807) is 27.0 Å². The molecular weight excluding hydrogens is 572 g/mol. The SMILES string of the molecule is CC(C)C[C@@H]1NC(=O)CNC(=O)[C@H](CO)NC(=O)[C@@H](CC(=O)OC(C)(C)C)NC(=O)[C@@H](Cc2c[nH]c3ccccc23)NC1=O. The van der Waals surface area contributed by atoms with Crippen molar-refractivity contribution >= 4 is 46.4 Å². The van der Waals surface area contributed by atoms with Crippen LogP contribution in [0.5, 0.6) is 0 Å². The zero-order valence-corrected chi connectivity index (χ0v) is 25.6. The molecule has 1 saturated heterocycles. The van der Waals surface area contributed by atoms with E-state index < -0.39 is 84.8 Å². The molecule has 1 fully saturated rings. The molecule has 7 N–H and O–H groups in total. The van der Waals surface area contributed by atoms with Gasteiger partial charge in [-0.1, -0.05) is 32.0 Å². The number of hydrogen-bond acceptors (Lipinski definition) is 8. The maximum Gasteiger partial charge on any atom is 0.308 e. The average molecular weight is 615 g/mol. The second-order valence-electron chi connectivity index (χ2n) is 12.2. The topological polar surface area (TPSA) is 208 Å². The van der Waals surface area contributed by atoms with E-state index in [0.29, 0.717) is 5.56 Å². The molecule has 2 heterocycles. The van der Waals surface area contributed by atoms with Crippen molar-refractivity contribution in [3.8, 4) is 0 Å². The summed E-state index contributed by atoms with van der Waals surface area (Å²) < 4.78 is 5.35. The van der Waals surface area contributed by atoms with Crippen LogP contribution in [0.4, 0.5) is 0 Å². The minimum Gasteiger partial charge on any atom is -0.460 e. The molecule has 1 aliphatic rings. The number of aliphatic hydroxyl groups excluding tert-OH is 1. The van der Waals surface area contributed by atoms with Crippen molar-refractivity contribution in [1.82, 2.24) is 31.6 Å². The normalized spacial score (nSPS) is 22.7. The third-order valence-corrected chi connectivity index (χ3v) is 6.75. The summed E-state index contributed by atoms with van der Waals surface area (Å²) in [7, 11) is 0. The zero-order valence-electron chi connectivity index (χ0n) is 25.6. The Hall–Kier alpha value is -4.46. The molecular formula is C30H42N6O8. The van der Waals surface area contributed by atoms with E-state index in [1.165, 1.54) is 0 Å². The van der Waals surface area contributed by atoms with Gasteiger partial charge in [0.2, 0.25) is 29.5 Å². The van der Waals surface area contributed by atoms with E-state index >= 15 is 0 Å². The van der Waals surface area contributed by atoms with Crippen molar-refractivity contribution in [2.24, 2.45) is 5.92 Å². The van der Waals surface area contributed by atoms with E-state index in [4.69, 9.17) is 4.74 Å². The van der Waals surface area contributed by atoms with Crippen LogP contribution in [0.1, 0.15) is 53.0 Å². The molecule has 14 heteroatoms. The highest BCUT2D eigenvalue weighted by molar-refractivity contribution is 5.98. The van der Waals surface area contributed by atoms with Crippen LogP contribution in [0.25, 0.3) is 10.9 Å². The Bertz CT molecular complexity index is 1380. The number of esters is 1. The number of benzene rings is 1. The molecule has 1 aromatic carbocycles. The van der Waals surface area contributed by atoms with Crippen molar-refractivity contribution in [1.29, 1.82) is 0 Å². The first-order valence-electron chi connectivity index (χ1n) is 14.5. The summed E-state index contributed by atoms with van der Waals surface area (Å²) in [5, 5.41) is 23.1. The lowest BCUT2D eigenvalue weighted by Crippen LogP contribution is -2.59. The fourth-order valence-corrected chi connectivity index (χ4v) is 4.74. The molecule has 1 aliphatic heterocycles. The standard InChI is InChI=1S/C30H42N6O8/c1-16(2)10-20-27(41)34-21(11-17-13-31-19-9-7-6-8-18(17)19)28(42)35-22(12-25(39)44-30(3,4)5)29(43)36-23(15-37)26(40)32-14-24(38)33-20/h6-9,13,16,20-23,31,37H,10-12,14-15H2,1-5H3,(H,32,40)(H,33,38)(H,34,41)(H,35,42)(H,36,43)/t20-,21+,22+,23-/m0/s1. The van der Waals surface area contributed by atoms with Gasteiger partial charge in [0.05, 0.1) is 19.6 Å². The summed E-state index contributed by atoms with van der Waals surface area (Å²) in [5.41, 5.74) is 0.624. The lowest BCUT2D eigenvalue weighted by atomic mass is 10.0. The van der Waals surface area contributed by atoms with E-state index in [2.05, 4.69) is 31.6 Å². The quantitative estimate of drug-likeness (QED) is 0.203. The Labute approximate surface area is 255 Å². The number of aliphatic hydroxyl groups is 1. The first-order chi connectivity index (χ1) is 20.7. The smallest absolute Gasteiger partial charge is 0.308 e. The highest BCUT2D eigenvalue weighted by Crippen LogP contribution is 2.20. The number of aromatic amines is 1. The molecule has 4 atom stereocenters. The number of aromatic nitrogens is 1. The minimum atomic E-state index is -1.53. The van der Waals surface area contributed by atoms with E-state index in [0.717, 1.165) is 10.9 Å². The highest BCUT2D eigenvalue weighted by atomic mass is 16.6. The molecule has 0 radical (unpaired) electrons. The largest absolute Gasteiger partial charge is 0.460 e. The number of hydrogen-bond donors (Lipinski definition) is 7. The Morgan fingerprint density at radius 2 is 1.50 bits per heavy atom. The minimum absolute atomic E-state index is 0.00398. The van der Waals surface area contributed by atoms with Gasteiger partial charge in [0.15, 0.2) is 0 Å². The molecule has 0 spiro atoms. The molecule has 0 aliphatic carbocycles. The number of para-hydroxylation sites is 1. The molecule has 14 nitrogen and oxygen atoms in total. The Morgan fingerprint density at radius 1 is 0.886 bits per heavy atom. The van der Waals surface area contributed by atoms with E-state index in [-0.39, 0.29) is 18.8 Å². The number of nitrogens with one attached hydrogen (secondary N) is 6. The van der Waals surface area contributed by atoms with Gasteiger partial charge in [-0.15, -0.1) is 0 Å². The molecule has 44 heavy (non-hydrogen) atoms. The summed E-state index contributed by atoms with van der Waals surface area (Å²) in [5.74, 6) is -4.77. The number of H-pyrrole nitrogens is 1. The van der Waals surface area contributed by atoms with Gasteiger partial charge >= 0.3 is 5.97 Å². The average Bonchev–Trinajstić information content (AvgIpc) is 3.34. The van der Waals surface area contributed by atoms with Gasteiger partial charge in [-0.05, 0) is 44.7 Å². The zero-order chi connectivity index (χ0) is 32.6. The predicted octanol–water partition coefficient (Wildman–Crippen LogP) is -0.450. The molecule has 2 aromatic rings. The number of ether oxygens (including phenoxy) is 1. The van der Waals surface area contributed by atoms with Gasteiger partial charge in [-0.3, -0.25) is 28.8 Å². The van der Waals surface area contributed by atoms with Crippen LogP contribution in [0.3, 0.4) is 0 Å². The van der Waals surface area contributed by atoms with Crippen LogP contribution in [-0.4, -0.2) is 88.5 Å². The number of fused-ring (bicyclic) bond motifs is 1. The molecule has 1 aromatic heterocycles. The Kier molecular flexibility index (Phi) is 11.5. The maximum absolute atomic E-state index is 13.8. The van der Waals surface area contributed by atoms with Crippen LogP contribution in [0.2, 0.25) is 0 Å². The van der Waals surface area contributed by atoms with Crippen molar-refractivity contribution in [3.05, 3.63) is 36.0 Å². The fourth-order valence-electron chi connectivity index (χ4n) is 4.74. The number of carbonyl (C=O) groups excluding carboxylic acids is 6. The van der Waals surface area contributed by atoms with Gasteiger partial charge < -0.3 is 41.4 Å². The molecule has 5 amide bonds. The summed E-state index contributed by atoms with van der Waals surface area (Å²) in [6.07, 6.45) is 1.34. The van der Waals surface area contributed by atoms with Crippen LogP contribution < -0.4 is 26.6 Å². The summed E-state index contributed by atoms with van der Waals surface area (Å²) in [6, 6.07) is 2.08. The third kappa shape index (κ3) is 9.79. The van der Waals surface area contributed by atoms with Crippen molar-refractivity contribution in [2.75, 3.05) is 13.2 Å². The molecule has 240 valence electrons. The number of rotatable bonds is 7. The third-order valence-electron chi connectivity index (χ3n) is 6.75. The number of carbonyl (C=O) groups is 6. The second-order valence-corrected chi connectivity index (χ2v) is 12.2. The Morgan fingerprint density at radius 3 is 2.16 bits per heavy atom. The van der Waals surface area contributed by atoms with Crippen molar-refractivity contribution in [2.45, 2.75) is 83.6 Å². The fraction of sp³-hybridized carbons (Fsp3) is 0.533. The predicted molar refractivity (Wildman–Crippen MR) is 160 cm³/mol. The second kappa shape index (κ2) is 14.8. The molecule has 3 rings (SSSR count). The van der Waals surface area contributed by atoms with Crippen LogP contribution in [0, 0.1) is 5.92 Å². The van der Waals surface area contributed by atoms with Gasteiger partial charge in [-0.2, -0.15) is 0 Å². The molecule has 0 unspecified atom stereocenters. The number of amides is 5. The van der Waals surface area contributed by atoms with Crippen LogP contribution in [-0.2, 0) is 39.9 Å². The van der Waals surface area contributed by atoms with Crippen molar-refractivity contribution < 1.29 is 38.6 Å². The van der Waals surface area contributed by atoms with Crippen LogP contribution in [0.15, 0.2) is 30.5 Å². The summed E-state index contributed by atoms with van der Waals surface area (Å²) in [4.78, 5) is 81.9. The van der Waals surface area contributed by atoms with E-state index in [9.17, 15) is 33.9 Å². The van der Waals surface area contributed by atoms with Gasteiger partial charge in [0.25, 0.3) is 0 Å². The highest BCUT2D eigenvalue weighted by Gasteiger charge is 2.34. The van der Waals surface area contributed by atoms with Gasteiger partial charge in [0.1, 0.15) is 29.8 Å². The van der Waals surface area contributed by atoms with Crippen LogP contribution >= 0.6 is 0 Å². The monoisotopic (exact) mass is 614 g/mol.